The number of benzene rings is 2. The van der Waals surface area contributed by atoms with Crippen LogP contribution in [0.1, 0.15) is 72.9 Å². The van der Waals surface area contributed by atoms with Crippen LogP contribution in [0.4, 0.5) is 0 Å². The lowest BCUT2D eigenvalue weighted by Gasteiger charge is -2.14. The van der Waals surface area contributed by atoms with Crippen LogP contribution in [0.3, 0.4) is 0 Å². The third kappa shape index (κ3) is 18.4. The number of nitriles is 1. The first-order chi connectivity index (χ1) is 16.3. The molecule has 0 saturated heterocycles. The second-order valence-electron chi connectivity index (χ2n) is 6.34. The Morgan fingerprint density at radius 3 is 1.62 bits per heavy atom. The number of esters is 1. The second-order valence-corrected chi connectivity index (χ2v) is 6.34. The van der Waals surface area contributed by atoms with E-state index < -0.39 is 5.97 Å². The zero-order valence-corrected chi connectivity index (χ0v) is 21.8. The third-order valence-electron chi connectivity index (χ3n) is 3.84. The molecule has 1 atom stereocenters. The molecule has 0 aliphatic carbocycles. The minimum atomic E-state index is -0.875. The van der Waals surface area contributed by atoms with Crippen LogP contribution in [0.5, 0.6) is 0 Å². The molecular formula is C27H41NO6. The van der Waals surface area contributed by atoms with Crippen molar-refractivity contribution in [2.24, 2.45) is 0 Å². The Morgan fingerprint density at radius 1 is 0.912 bits per heavy atom. The van der Waals surface area contributed by atoms with Crippen molar-refractivity contribution in [1.82, 2.24) is 0 Å². The molecule has 34 heavy (non-hydrogen) atoms. The Morgan fingerprint density at radius 2 is 1.29 bits per heavy atom. The van der Waals surface area contributed by atoms with Crippen molar-refractivity contribution < 1.29 is 29.3 Å². The largest absolute Gasteiger partial charge is 0.478 e. The summed E-state index contributed by atoms with van der Waals surface area (Å²) >= 11 is 0. The number of nitrogens with zero attached hydrogens (tertiary/aromatic N) is 1. The molecule has 2 aromatic carbocycles. The number of rotatable bonds is 7. The molecule has 0 bridgehead atoms. The minimum Gasteiger partial charge on any atom is -0.478 e. The van der Waals surface area contributed by atoms with Crippen LogP contribution in [-0.2, 0) is 9.47 Å². The topological polar surface area (TPSA) is 117 Å². The standard InChI is InChI=1S/C14H20O3.C8H8O2.C2H3N.C2H6.CH4O/c1-4-13(16-5-2)10-17-14(15)12-8-6-11(3)7-9-12;1-6-2-4-7(5-3-6)8(9)10;1-2-3;2*1-2/h6-9,13H,4-5,10H2,1-3H3;2-5H,1H3,(H,9,10);1H3;1-2H3;2H,1H3/t13-;;;;/m0..../s1. The average molecular weight is 476 g/mol. The average Bonchev–Trinajstić information content (AvgIpc) is 2.85. The van der Waals surface area contributed by atoms with Crippen LogP contribution in [0.25, 0.3) is 0 Å². The Kier molecular flexibility index (Phi) is 25.4. The van der Waals surface area contributed by atoms with Crippen molar-refractivity contribution >= 4 is 11.9 Å². The second kappa shape index (κ2) is 24.4. The monoisotopic (exact) mass is 475 g/mol. The van der Waals surface area contributed by atoms with Gasteiger partial charge in [-0.05, 0) is 51.5 Å². The molecule has 0 aliphatic rings. The van der Waals surface area contributed by atoms with Crippen LogP contribution < -0.4 is 0 Å². The van der Waals surface area contributed by atoms with Crippen molar-refractivity contribution in [2.45, 2.75) is 61.0 Å². The van der Waals surface area contributed by atoms with E-state index in [1.165, 1.54) is 6.92 Å². The lowest BCUT2D eigenvalue weighted by molar-refractivity contribution is -0.00529. The first kappa shape index (κ1) is 35.4. The van der Waals surface area contributed by atoms with E-state index in [-0.39, 0.29) is 12.1 Å². The van der Waals surface area contributed by atoms with Crippen molar-refractivity contribution in [3.8, 4) is 6.07 Å². The molecule has 0 aliphatic heterocycles. The highest BCUT2D eigenvalue weighted by Gasteiger charge is 2.11. The van der Waals surface area contributed by atoms with Crippen molar-refractivity contribution in [2.75, 3.05) is 20.3 Å². The fourth-order valence-corrected chi connectivity index (χ4v) is 2.16. The summed E-state index contributed by atoms with van der Waals surface area (Å²) in [5.41, 5.74) is 3.12. The predicted octanol–water partition coefficient (Wildman–Crippen LogP) is 5.82. The van der Waals surface area contributed by atoms with Crippen LogP contribution >= 0.6 is 0 Å². The molecular weight excluding hydrogens is 434 g/mol. The van der Waals surface area contributed by atoms with E-state index in [4.69, 9.17) is 24.9 Å². The highest BCUT2D eigenvalue weighted by molar-refractivity contribution is 5.89. The number of aromatic carboxylic acids is 1. The van der Waals surface area contributed by atoms with Crippen molar-refractivity contribution in [1.29, 1.82) is 5.26 Å². The van der Waals surface area contributed by atoms with E-state index in [0.717, 1.165) is 24.7 Å². The van der Waals surface area contributed by atoms with Gasteiger partial charge in [0.15, 0.2) is 0 Å². The summed E-state index contributed by atoms with van der Waals surface area (Å²) in [6.07, 6.45) is 0.837. The number of aliphatic hydroxyl groups excluding tert-OH is 1. The zero-order valence-electron chi connectivity index (χ0n) is 21.8. The van der Waals surface area contributed by atoms with Gasteiger partial charge in [0, 0.05) is 20.6 Å². The highest BCUT2D eigenvalue weighted by atomic mass is 16.6. The molecule has 0 saturated carbocycles. The Bertz CT molecular complexity index is 795. The van der Waals surface area contributed by atoms with Gasteiger partial charge in [0.05, 0.1) is 23.3 Å². The number of carboxylic acids is 1. The van der Waals surface area contributed by atoms with E-state index in [2.05, 4.69) is 0 Å². The van der Waals surface area contributed by atoms with Crippen LogP contribution in [0, 0.1) is 25.2 Å². The number of carboxylic acid groups (broad SMARTS) is 1. The summed E-state index contributed by atoms with van der Waals surface area (Å²) in [5, 5.41) is 22.8. The molecule has 0 amide bonds. The number of aryl methyl sites for hydroxylation is 2. The van der Waals surface area contributed by atoms with E-state index in [0.29, 0.717) is 24.3 Å². The van der Waals surface area contributed by atoms with Crippen LogP contribution in [-0.4, -0.2) is 48.6 Å². The fourth-order valence-electron chi connectivity index (χ4n) is 2.16. The number of aliphatic hydroxyl groups is 1. The number of carbonyl (C=O) groups excluding carboxylic acids is 1. The highest BCUT2D eigenvalue weighted by Crippen LogP contribution is 2.07. The van der Waals surface area contributed by atoms with E-state index in [1.54, 1.807) is 42.5 Å². The lowest BCUT2D eigenvalue weighted by Crippen LogP contribution is -2.21. The quantitative estimate of drug-likeness (QED) is 0.484. The van der Waals surface area contributed by atoms with Gasteiger partial charge in [-0.15, -0.1) is 0 Å². The lowest BCUT2D eigenvalue weighted by atomic mass is 10.1. The fraction of sp³-hybridized carbons (Fsp3) is 0.444. The van der Waals surface area contributed by atoms with Crippen LogP contribution in [0.2, 0.25) is 0 Å². The van der Waals surface area contributed by atoms with E-state index in [1.807, 2.05) is 53.7 Å². The minimum absolute atomic E-state index is 0.00519. The van der Waals surface area contributed by atoms with Crippen LogP contribution in [0.15, 0.2) is 48.5 Å². The smallest absolute Gasteiger partial charge is 0.338 e. The van der Waals surface area contributed by atoms with Gasteiger partial charge in [-0.1, -0.05) is 56.2 Å². The summed E-state index contributed by atoms with van der Waals surface area (Å²) in [6.45, 7) is 14.2. The van der Waals surface area contributed by atoms with Gasteiger partial charge in [-0.3, -0.25) is 0 Å². The van der Waals surface area contributed by atoms with Crippen molar-refractivity contribution in [3.63, 3.8) is 0 Å². The Hall–Kier alpha value is -3.21. The summed E-state index contributed by atoms with van der Waals surface area (Å²) in [5.74, 6) is -1.16. The zero-order chi connectivity index (χ0) is 26.9. The summed E-state index contributed by atoms with van der Waals surface area (Å²) in [6, 6.07) is 15.9. The van der Waals surface area contributed by atoms with Gasteiger partial charge in [0.1, 0.15) is 6.61 Å². The first-order valence-corrected chi connectivity index (χ1v) is 11.2. The van der Waals surface area contributed by atoms with E-state index >= 15 is 0 Å². The van der Waals surface area contributed by atoms with Gasteiger partial charge < -0.3 is 19.7 Å². The molecule has 0 radical (unpaired) electrons. The molecule has 2 rings (SSSR count). The first-order valence-electron chi connectivity index (χ1n) is 11.2. The van der Waals surface area contributed by atoms with Gasteiger partial charge in [-0.25, -0.2) is 9.59 Å². The number of hydrogen-bond donors (Lipinski definition) is 2. The molecule has 0 fully saturated rings. The molecule has 190 valence electrons. The van der Waals surface area contributed by atoms with Crippen molar-refractivity contribution in [3.05, 3.63) is 70.8 Å². The number of carbonyl (C=O) groups is 2. The third-order valence-corrected chi connectivity index (χ3v) is 3.84. The molecule has 0 spiro atoms. The molecule has 0 unspecified atom stereocenters. The molecule has 7 heteroatoms. The molecule has 2 aromatic rings. The molecule has 0 aromatic heterocycles. The maximum atomic E-state index is 11.7. The molecule has 0 heterocycles. The summed E-state index contributed by atoms with van der Waals surface area (Å²) in [7, 11) is 1.00. The predicted molar refractivity (Wildman–Crippen MR) is 136 cm³/mol. The normalized spacial score (nSPS) is 9.41. The molecule has 7 nitrogen and oxygen atoms in total. The van der Waals surface area contributed by atoms with Gasteiger partial charge in [0.25, 0.3) is 0 Å². The summed E-state index contributed by atoms with van der Waals surface area (Å²) < 4.78 is 10.6. The SMILES string of the molecule is CC.CC#N.CCO[C@@H](CC)COC(=O)c1ccc(C)cc1.CO.Cc1ccc(C(=O)O)cc1. The molecule has 2 N–H and O–H groups in total. The maximum absolute atomic E-state index is 11.7. The summed E-state index contributed by atoms with van der Waals surface area (Å²) in [4.78, 5) is 22.0. The maximum Gasteiger partial charge on any atom is 0.338 e. The number of ether oxygens (including phenoxy) is 2. The van der Waals surface area contributed by atoms with Gasteiger partial charge >= 0.3 is 11.9 Å². The Balaban J connectivity index is -0.000000479. The van der Waals surface area contributed by atoms with Gasteiger partial charge in [0.2, 0.25) is 0 Å². The Labute approximate surface area is 205 Å². The van der Waals surface area contributed by atoms with Gasteiger partial charge in [-0.2, -0.15) is 5.26 Å². The number of hydrogen-bond acceptors (Lipinski definition) is 6. The van der Waals surface area contributed by atoms with E-state index in [9.17, 15) is 9.59 Å².